The quantitative estimate of drug-likeness (QED) is 0.735. The lowest BCUT2D eigenvalue weighted by Gasteiger charge is -2.35. The molecule has 1 aliphatic heterocycles. The monoisotopic (exact) mass is 332 g/mol. The zero-order valence-corrected chi connectivity index (χ0v) is 15.2. The minimum absolute atomic E-state index is 0.239. The Morgan fingerprint density at radius 1 is 1.42 bits per heavy atom. The SMILES string of the molecule is C=C1C=C[C@H]([C@@H](C)COC(=O)[C@]23CC[C@](C)(C(=O)O2)C3(C)C)CC1. The summed E-state index contributed by atoms with van der Waals surface area (Å²) in [5, 5.41) is 0. The lowest BCUT2D eigenvalue weighted by Crippen LogP contribution is -2.49. The summed E-state index contributed by atoms with van der Waals surface area (Å²) in [6.45, 7) is 12.2. The van der Waals surface area contributed by atoms with E-state index in [1.54, 1.807) is 0 Å². The third-order valence-corrected chi connectivity index (χ3v) is 7.00. The van der Waals surface area contributed by atoms with Gasteiger partial charge in [-0.15, -0.1) is 0 Å². The Balaban J connectivity index is 1.67. The van der Waals surface area contributed by atoms with E-state index in [4.69, 9.17) is 9.47 Å². The van der Waals surface area contributed by atoms with E-state index in [0.29, 0.717) is 25.4 Å². The van der Waals surface area contributed by atoms with Crippen molar-refractivity contribution in [3.05, 3.63) is 24.3 Å². The number of rotatable bonds is 4. The maximum atomic E-state index is 12.8. The van der Waals surface area contributed by atoms with Crippen molar-refractivity contribution in [1.29, 1.82) is 0 Å². The fourth-order valence-corrected chi connectivity index (χ4v) is 4.42. The van der Waals surface area contributed by atoms with Gasteiger partial charge in [0, 0.05) is 5.41 Å². The first-order valence-corrected chi connectivity index (χ1v) is 8.91. The summed E-state index contributed by atoms with van der Waals surface area (Å²) in [5.74, 6) is -0.00733. The highest BCUT2D eigenvalue weighted by atomic mass is 16.6. The van der Waals surface area contributed by atoms with Crippen LogP contribution in [0.5, 0.6) is 0 Å². The molecule has 2 fully saturated rings. The van der Waals surface area contributed by atoms with Crippen LogP contribution in [-0.4, -0.2) is 24.1 Å². The number of esters is 2. The van der Waals surface area contributed by atoms with E-state index in [0.717, 1.165) is 18.4 Å². The van der Waals surface area contributed by atoms with Crippen molar-refractivity contribution in [2.24, 2.45) is 22.7 Å². The Morgan fingerprint density at radius 3 is 2.62 bits per heavy atom. The first kappa shape index (κ1) is 17.2. The van der Waals surface area contributed by atoms with Crippen LogP contribution in [0.4, 0.5) is 0 Å². The number of carbonyl (C=O) groups is 2. The Bertz CT molecular complexity index is 617. The van der Waals surface area contributed by atoms with Crippen LogP contribution in [0.15, 0.2) is 24.3 Å². The topological polar surface area (TPSA) is 52.6 Å². The summed E-state index contributed by atoms with van der Waals surface area (Å²) in [5.41, 5.74) is -1.10. The number of hydrogen-bond acceptors (Lipinski definition) is 4. The minimum atomic E-state index is -1.12. The second kappa shape index (κ2) is 5.47. The van der Waals surface area contributed by atoms with Crippen LogP contribution in [0.3, 0.4) is 0 Å². The lowest BCUT2D eigenvalue weighted by atomic mass is 9.66. The molecule has 4 nitrogen and oxygen atoms in total. The Labute approximate surface area is 144 Å². The van der Waals surface area contributed by atoms with Crippen LogP contribution in [0.25, 0.3) is 0 Å². The molecule has 132 valence electrons. The number of fused-ring (bicyclic) bond motifs is 2. The molecule has 0 aromatic rings. The minimum Gasteiger partial charge on any atom is -0.462 e. The first-order chi connectivity index (χ1) is 11.1. The molecule has 0 N–H and O–H groups in total. The fraction of sp³-hybridized carbons (Fsp3) is 0.700. The van der Waals surface area contributed by atoms with Gasteiger partial charge in [-0.2, -0.15) is 0 Å². The average Bonchev–Trinajstić information content (AvgIpc) is 2.83. The third-order valence-electron chi connectivity index (χ3n) is 7.00. The van der Waals surface area contributed by atoms with E-state index in [1.807, 2.05) is 20.8 Å². The van der Waals surface area contributed by atoms with Gasteiger partial charge in [0.1, 0.15) is 0 Å². The van der Waals surface area contributed by atoms with Crippen molar-refractivity contribution in [3.63, 3.8) is 0 Å². The summed E-state index contributed by atoms with van der Waals surface area (Å²) < 4.78 is 11.2. The molecular formula is C20H28O4. The molecule has 2 bridgehead atoms. The summed E-state index contributed by atoms with van der Waals surface area (Å²) in [6.07, 6.45) is 7.49. The van der Waals surface area contributed by atoms with Gasteiger partial charge >= 0.3 is 11.9 Å². The first-order valence-electron chi connectivity index (χ1n) is 8.91. The normalized spacial score (nSPS) is 38.1. The number of ether oxygens (including phenoxy) is 2. The van der Waals surface area contributed by atoms with Gasteiger partial charge in [0.25, 0.3) is 0 Å². The Hall–Kier alpha value is -1.58. The fourth-order valence-electron chi connectivity index (χ4n) is 4.42. The van der Waals surface area contributed by atoms with Crippen molar-refractivity contribution in [3.8, 4) is 0 Å². The van der Waals surface area contributed by atoms with E-state index < -0.39 is 16.4 Å². The van der Waals surface area contributed by atoms with Gasteiger partial charge in [0.15, 0.2) is 0 Å². The zero-order valence-electron chi connectivity index (χ0n) is 15.2. The molecule has 3 rings (SSSR count). The molecule has 2 aliphatic carbocycles. The molecule has 1 saturated heterocycles. The summed E-state index contributed by atoms with van der Waals surface area (Å²) in [7, 11) is 0. The molecule has 0 aromatic heterocycles. The van der Waals surface area contributed by atoms with Crippen LogP contribution in [0.2, 0.25) is 0 Å². The van der Waals surface area contributed by atoms with Crippen LogP contribution < -0.4 is 0 Å². The van der Waals surface area contributed by atoms with Gasteiger partial charge in [-0.05, 0) is 44.4 Å². The third kappa shape index (κ3) is 2.18. The van der Waals surface area contributed by atoms with Crippen LogP contribution in [0.1, 0.15) is 53.4 Å². The molecule has 1 saturated carbocycles. The highest BCUT2D eigenvalue weighted by molar-refractivity contribution is 5.93. The predicted octanol–water partition coefficient (Wildman–Crippen LogP) is 3.81. The predicted molar refractivity (Wildman–Crippen MR) is 91.1 cm³/mol. The molecule has 0 spiro atoms. The Morgan fingerprint density at radius 2 is 2.12 bits per heavy atom. The molecule has 4 heteroatoms. The lowest BCUT2D eigenvalue weighted by molar-refractivity contribution is -0.184. The van der Waals surface area contributed by atoms with Crippen LogP contribution in [0, 0.1) is 22.7 Å². The van der Waals surface area contributed by atoms with E-state index in [2.05, 4.69) is 25.7 Å². The van der Waals surface area contributed by atoms with Crippen molar-refractivity contribution in [2.45, 2.75) is 59.0 Å². The highest BCUT2D eigenvalue weighted by Gasteiger charge is 2.76. The number of carbonyl (C=O) groups excluding carboxylic acids is 2. The van der Waals surface area contributed by atoms with E-state index in [1.165, 1.54) is 0 Å². The zero-order chi connectivity index (χ0) is 17.8. The molecular weight excluding hydrogens is 304 g/mol. The van der Waals surface area contributed by atoms with Gasteiger partial charge in [-0.25, -0.2) is 4.79 Å². The van der Waals surface area contributed by atoms with Gasteiger partial charge in [-0.1, -0.05) is 45.1 Å². The van der Waals surface area contributed by atoms with Gasteiger partial charge in [0.2, 0.25) is 5.60 Å². The van der Waals surface area contributed by atoms with Crippen LogP contribution >= 0.6 is 0 Å². The largest absolute Gasteiger partial charge is 0.462 e. The molecule has 0 radical (unpaired) electrons. The van der Waals surface area contributed by atoms with Gasteiger partial charge in [0.05, 0.1) is 12.0 Å². The second-order valence-corrected chi connectivity index (χ2v) is 8.47. The molecule has 0 unspecified atom stereocenters. The van der Waals surface area contributed by atoms with Crippen molar-refractivity contribution in [1.82, 2.24) is 0 Å². The summed E-state index contributed by atoms with van der Waals surface area (Å²) in [6, 6.07) is 0. The molecule has 0 amide bonds. The molecule has 3 aliphatic rings. The number of hydrogen-bond donors (Lipinski definition) is 0. The van der Waals surface area contributed by atoms with E-state index in [9.17, 15) is 9.59 Å². The maximum Gasteiger partial charge on any atom is 0.351 e. The van der Waals surface area contributed by atoms with Gasteiger partial charge < -0.3 is 9.47 Å². The average molecular weight is 332 g/mol. The standard InChI is InChI=1S/C20H28O4/c1-13-6-8-15(9-7-13)14(2)12-23-17(22)20-11-10-19(5,16(21)24-20)18(20,3)4/h6,8,14-15H,1,7,9-12H2,2-5H3/t14-,15-,19+,20-/m0/s1. The highest BCUT2D eigenvalue weighted by Crippen LogP contribution is 2.65. The smallest absolute Gasteiger partial charge is 0.351 e. The molecule has 24 heavy (non-hydrogen) atoms. The molecule has 0 aromatic carbocycles. The van der Waals surface area contributed by atoms with Crippen molar-refractivity contribution >= 4 is 11.9 Å². The molecule has 1 heterocycles. The van der Waals surface area contributed by atoms with E-state index >= 15 is 0 Å². The van der Waals surface area contributed by atoms with Crippen molar-refractivity contribution < 1.29 is 19.1 Å². The number of allylic oxidation sites excluding steroid dienone is 3. The van der Waals surface area contributed by atoms with E-state index in [-0.39, 0.29) is 17.9 Å². The summed E-state index contributed by atoms with van der Waals surface area (Å²) >= 11 is 0. The maximum absolute atomic E-state index is 12.8. The Kier molecular flexibility index (Phi) is 3.93. The van der Waals surface area contributed by atoms with Crippen molar-refractivity contribution in [2.75, 3.05) is 6.61 Å². The second-order valence-electron chi connectivity index (χ2n) is 8.47. The van der Waals surface area contributed by atoms with Gasteiger partial charge in [-0.3, -0.25) is 4.79 Å². The van der Waals surface area contributed by atoms with Crippen LogP contribution in [-0.2, 0) is 19.1 Å². The summed E-state index contributed by atoms with van der Waals surface area (Å²) in [4.78, 5) is 25.1. The molecule has 4 atom stereocenters.